The van der Waals surface area contributed by atoms with Crippen molar-refractivity contribution in [1.29, 1.82) is 0 Å². The van der Waals surface area contributed by atoms with Gasteiger partial charge in [-0.1, -0.05) is 60.7 Å². The zero-order valence-electron chi connectivity index (χ0n) is 14.9. The lowest BCUT2D eigenvalue weighted by Gasteiger charge is -2.23. The molecule has 27 heavy (non-hydrogen) atoms. The van der Waals surface area contributed by atoms with Gasteiger partial charge in [0.25, 0.3) is 0 Å². The summed E-state index contributed by atoms with van der Waals surface area (Å²) in [7, 11) is 0. The Hall–Kier alpha value is -3.41. The lowest BCUT2D eigenvalue weighted by molar-refractivity contribution is -0.132. The molecule has 0 aliphatic heterocycles. The lowest BCUT2D eigenvalue weighted by Crippen LogP contribution is -2.31. The molecule has 0 saturated carbocycles. The minimum atomic E-state index is -1.05. The number of benzene rings is 2. The summed E-state index contributed by atoms with van der Waals surface area (Å²) < 4.78 is 1.35. The van der Waals surface area contributed by atoms with Crippen LogP contribution in [0, 0.1) is 0 Å². The molecule has 1 aromatic heterocycles. The molecule has 6 heteroatoms. The number of carbonyl (C=O) groups is 2. The Morgan fingerprint density at radius 2 is 1.44 bits per heavy atom. The smallest absolute Gasteiger partial charge is 0.354 e. The molecular weight excluding hydrogens is 342 g/mol. The molecule has 0 saturated heterocycles. The van der Waals surface area contributed by atoms with Crippen LogP contribution in [0.4, 0.5) is 0 Å². The van der Waals surface area contributed by atoms with Crippen LogP contribution in [-0.4, -0.2) is 31.7 Å². The molecule has 6 nitrogen and oxygen atoms in total. The van der Waals surface area contributed by atoms with E-state index in [-0.39, 0.29) is 24.6 Å². The van der Waals surface area contributed by atoms with E-state index >= 15 is 0 Å². The van der Waals surface area contributed by atoms with E-state index in [9.17, 15) is 9.59 Å². The highest BCUT2D eigenvalue weighted by molar-refractivity contribution is 5.85. The van der Waals surface area contributed by atoms with Crippen LogP contribution in [0.25, 0.3) is 0 Å². The average molecular weight is 363 g/mol. The first-order valence-electron chi connectivity index (χ1n) is 8.74. The van der Waals surface area contributed by atoms with E-state index in [1.54, 1.807) is 4.90 Å². The Kier molecular flexibility index (Phi) is 5.99. The summed E-state index contributed by atoms with van der Waals surface area (Å²) in [5.74, 6) is -1.10. The van der Waals surface area contributed by atoms with Crippen molar-refractivity contribution in [3.05, 3.63) is 89.7 Å². The minimum Gasteiger partial charge on any atom is -0.477 e. The van der Waals surface area contributed by atoms with Crippen LogP contribution in [0.5, 0.6) is 0 Å². The Morgan fingerprint density at radius 1 is 0.889 bits per heavy atom. The molecule has 0 spiro atoms. The topological polar surface area (TPSA) is 75.4 Å². The Balaban J connectivity index is 1.71. The summed E-state index contributed by atoms with van der Waals surface area (Å²) in [6.45, 7) is 1.23. The Morgan fingerprint density at radius 3 is 1.96 bits per heavy atom. The molecule has 138 valence electrons. The van der Waals surface area contributed by atoms with E-state index < -0.39 is 5.97 Å². The van der Waals surface area contributed by atoms with Crippen molar-refractivity contribution < 1.29 is 14.7 Å². The number of aromatic carboxylic acids is 1. The van der Waals surface area contributed by atoms with Gasteiger partial charge in [0, 0.05) is 25.7 Å². The van der Waals surface area contributed by atoms with Crippen LogP contribution in [0.3, 0.4) is 0 Å². The largest absolute Gasteiger partial charge is 0.477 e. The molecule has 3 rings (SSSR count). The van der Waals surface area contributed by atoms with Gasteiger partial charge in [-0.15, -0.1) is 0 Å². The molecule has 1 heterocycles. The van der Waals surface area contributed by atoms with Gasteiger partial charge in [-0.3, -0.25) is 9.48 Å². The normalized spacial score (nSPS) is 10.5. The fourth-order valence-corrected chi connectivity index (χ4v) is 2.89. The molecule has 1 N–H and O–H groups in total. The van der Waals surface area contributed by atoms with Crippen molar-refractivity contribution in [2.75, 3.05) is 0 Å². The van der Waals surface area contributed by atoms with Crippen molar-refractivity contribution in [1.82, 2.24) is 14.7 Å². The summed E-state index contributed by atoms with van der Waals surface area (Å²) >= 11 is 0. The maximum atomic E-state index is 12.9. The molecule has 0 fully saturated rings. The molecule has 2 aromatic carbocycles. The van der Waals surface area contributed by atoms with Gasteiger partial charge in [0.05, 0.1) is 6.54 Å². The predicted octanol–water partition coefficient (Wildman–Crippen LogP) is 3.20. The van der Waals surface area contributed by atoms with Crippen LogP contribution in [0.2, 0.25) is 0 Å². The maximum Gasteiger partial charge on any atom is 0.354 e. The highest BCUT2D eigenvalue weighted by Crippen LogP contribution is 2.12. The maximum absolute atomic E-state index is 12.9. The Labute approximate surface area is 157 Å². The van der Waals surface area contributed by atoms with E-state index in [1.807, 2.05) is 60.7 Å². The number of nitrogens with zero attached hydrogens (tertiary/aromatic N) is 3. The van der Waals surface area contributed by atoms with Gasteiger partial charge in [0.15, 0.2) is 0 Å². The summed E-state index contributed by atoms with van der Waals surface area (Å²) in [4.78, 5) is 25.8. The average Bonchev–Trinajstić information content (AvgIpc) is 3.16. The van der Waals surface area contributed by atoms with Gasteiger partial charge >= 0.3 is 5.97 Å². The third-order valence-electron chi connectivity index (χ3n) is 4.26. The van der Waals surface area contributed by atoms with E-state index in [1.165, 1.54) is 16.9 Å². The van der Waals surface area contributed by atoms with E-state index in [4.69, 9.17) is 5.11 Å². The van der Waals surface area contributed by atoms with E-state index in [0.717, 1.165) is 11.1 Å². The fraction of sp³-hybridized carbons (Fsp3) is 0.190. The first-order valence-corrected chi connectivity index (χ1v) is 8.74. The molecule has 3 aromatic rings. The summed E-state index contributed by atoms with van der Waals surface area (Å²) in [5.41, 5.74) is 2.18. The zero-order chi connectivity index (χ0) is 19.1. The second-order valence-electron chi connectivity index (χ2n) is 6.22. The molecule has 1 amide bonds. The highest BCUT2D eigenvalue weighted by atomic mass is 16.4. The van der Waals surface area contributed by atoms with Crippen molar-refractivity contribution in [2.45, 2.75) is 26.1 Å². The van der Waals surface area contributed by atoms with Gasteiger partial charge in [-0.2, -0.15) is 5.10 Å². The zero-order valence-corrected chi connectivity index (χ0v) is 14.9. The SMILES string of the molecule is O=C(O)c1ccnn1CCC(=O)N(Cc1ccccc1)Cc1ccccc1. The fourth-order valence-electron chi connectivity index (χ4n) is 2.89. The van der Waals surface area contributed by atoms with Gasteiger partial charge in [0.1, 0.15) is 5.69 Å². The summed E-state index contributed by atoms with van der Waals surface area (Å²) in [5, 5.41) is 13.2. The van der Waals surface area contributed by atoms with Gasteiger partial charge in [-0.25, -0.2) is 4.79 Å². The summed E-state index contributed by atoms with van der Waals surface area (Å²) in [6.07, 6.45) is 1.61. The number of rotatable bonds is 8. The van der Waals surface area contributed by atoms with Gasteiger partial charge < -0.3 is 10.0 Å². The van der Waals surface area contributed by atoms with Crippen LogP contribution >= 0.6 is 0 Å². The summed E-state index contributed by atoms with van der Waals surface area (Å²) in [6, 6.07) is 21.1. The highest BCUT2D eigenvalue weighted by Gasteiger charge is 2.17. The number of hydrogen-bond donors (Lipinski definition) is 1. The predicted molar refractivity (Wildman–Crippen MR) is 101 cm³/mol. The quantitative estimate of drug-likeness (QED) is 0.667. The number of carboxylic acids is 1. The second-order valence-corrected chi connectivity index (χ2v) is 6.22. The van der Waals surface area contributed by atoms with Crippen molar-refractivity contribution in [2.24, 2.45) is 0 Å². The molecule has 0 atom stereocenters. The molecule has 0 aliphatic carbocycles. The third kappa shape index (κ3) is 5.04. The second kappa shape index (κ2) is 8.80. The van der Waals surface area contributed by atoms with E-state index in [2.05, 4.69) is 5.10 Å². The first-order chi connectivity index (χ1) is 13.1. The van der Waals surface area contributed by atoms with E-state index in [0.29, 0.717) is 13.1 Å². The standard InChI is InChI=1S/C21H21N3O3/c25-20(12-14-24-19(21(26)27)11-13-22-24)23(15-17-7-3-1-4-8-17)16-18-9-5-2-6-10-18/h1-11,13H,12,14-16H2,(H,26,27). The first kappa shape index (κ1) is 18.4. The minimum absolute atomic E-state index is 0.0467. The van der Waals surface area contributed by atoms with Crippen LogP contribution < -0.4 is 0 Å². The molecule has 0 bridgehead atoms. The van der Waals surface area contributed by atoms with Crippen molar-refractivity contribution >= 4 is 11.9 Å². The Bertz CT molecular complexity index is 850. The number of aryl methyl sites for hydroxylation is 1. The number of hydrogen-bond acceptors (Lipinski definition) is 3. The molecule has 0 aliphatic rings. The van der Waals surface area contributed by atoms with Crippen LogP contribution in [-0.2, 0) is 24.4 Å². The third-order valence-corrected chi connectivity index (χ3v) is 4.26. The van der Waals surface area contributed by atoms with Crippen LogP contribution in [0.15, 0.2) is 72.9 Å². The van der Waals surface area contributed by atoms with Gasteiger partial charge in [-0.05, 0) is 17.2 Å². The van der Waals surface area contributed by atoms with Crippen molar-refractivity contribution in [3.8, 4) is 0 Å². The number of carbonyl (C=O) groups excluding carboxylic acids is 1. The lowest BCUT2D eigenvalue weighted by atomic mass is 10.1. The van der Waals surface area contributed by atoms with Crippen LogP contribution in [0.1, 0.15) is 28.0 Å². The van der Waals surface area contributed by atoms with Crippen molar-refractivity contribution in [3.63, 3.8) is 0 Å². The van der Waals surface area contributed by atoms with Gasteiger partial charge in [0.2, 0.25) is 5.91 Å². The number of carboxylic acid groups (broad SMARTS) is 1. The molecular formula is C21H21N3O3. The number of aromatic nitrogens is 2. The molecule has 0 unspecified atom stereocenters. The monoisotopic (exact) mass is 363 g/mol. The molecule has 0 radical (unpaired) electrons. The number of amides is 1.